The van der Waals surface area contributed by atoms with Crippen LogP contribution in [0, 0.1) is 17.6 Å². The van der Waals surface area contributed by atoms with E-state index in [-0.39, 0.29) is 18.6 Å². The number of ether oxygens (including phenoxy) is 1. The average Bonchev–Trinajstić information content (AvgIpc) is 2.20. The van der Waals surface area contributed by atoms with Gasteiger partial charge in [0.1, 0.15) is 0 Å². The van der Waals surface area contributed by atoms with Crippen molar-refractivity contribution in [3.63, 3.8) is 0 Å². The zero-order chi connectivity index (χ0) is 12.4. The molecule has 0 bridgehead atoms. The van der Waals surface area contributed by atoms with Crippen molar-refractivity contribution in [2.45, 2.75) is 25.6 Å². The molecule has 0 unspecified atom stereocenters. The zero-order valence-electron chi connectivity index (χ0n) is 9.03. The lowest BCUT2D eigenvalue weighted by atomic mass is 9.82. The number of hydrogen-bond donors (Lipinski definition) is 1. The molecule has 1 aromatic rings. The topological polar surface area (TPSA) is 46.5 Å². The number of aliphatic carboxylic acids is 1. The fourth-order valence-corrected chi connectivity index (χ4v) is 1.75. The first-order valence-corrected chi connectivity index (χ1v) is 5.34. The van der Waals surface area contributed by atoms with Gasteiger partial charge in [-0.25, -0.2) is 8.78 Å². The molecule has 0 heterocycles. The summed E-state index contributed by atoms with van der Waals surface area (Å²) in [5, 5.41) is 8.66. The van der Waals surface area contributed by atoms with Crippen molar-refractivity contribution in [1.82, 2.24) is 0 Å². The lowest BCUT2D eigenvalue weighted by Gasteiger charge is -2.32. The molecule has 0 amide bonds. The monoisotopic (exact) mass is 242 g/mol. The van der Waals surface area contributed by atoms with E-state index in [2.05, 4.69) is 0 Å². The first kappa shape index (κ1) is 12.0. The van der Waals surface area contributed by atoms with Gasteiger partial charge in [-0.15, -0.1) is 0 Å². The van der Waals surface area contributed by atoms with Crippen molar-refractivity contribution >= 4 is 5.97 Å². The number of carboxylic acid groups (broad SMARTS) is 1. The molecule has 2 rings (SSSR count). The summed E-state index contributed by atoms with van der Waals surface area (Å²) in [5.74, 6) is -2.92. The Morgan fingerprint density at radius 2 is 2.06 bits per heavy atom. The summed E-state index contributed by atoms with van der Waals surface area (Å²) in [7, 11) is 0. The second kappa shape index (κ2) is 4.79. The standard InChI is InChI=1S/C12H12F2O3/c13-10-2-1-7(3-11(10)14)6-17-9-4-8(5-9)12(15)16/h1-3,8-9H,4-6H2,(H,15,16). The minimum absolute atomic E-state index is 0.0933. The first-order valence-electron chi connectivity index (χ1n) is 5.34. The maximum atomic E-state index is 12.9. The molecule has 0 saturated heterocycles. The quantitative estimate of drug-likeness (QED) is 0.881. The molecule has 17 heavy (non-hydrogen) atoms. The van der Waals surface area contributed by atoms with Gasteiger partial charge in [-0.2, -0.15) is 0 Å². The van der Waals surface area contributed by atoms with Crippen LogP contribution in [0.25, 0.3) is 0 Å². The molecule has 1 aliphatic rings. The maximum Gasteiger partial charge on any atom is 0.306 e. The molecule has 3 nitrogen and oxygen atoms in total. The second-order valence-corrected chi connectivity index (χ2v) is 4.19. The predicted molar refractivity (Wildman–Crippen MR) is 55.3 cm³/mol. The van der Waals surface area contributed by atoms with Crippen molar-refractivity contribution in [2.24, 2.45) is 5.92 Å². The average molecular weight is 242 g/mol. The van der Waals surface area contributed by atoms with Gasteiger partial charge in [-0.1, -0.05) is 6.07 Å². The van der Waals surface area contributed by atoms with Crippen LogP contribution < -0.4 is 0 Å². The number of carbonyl (C=O) groups is 1. The Bertz CT molecular complexity index is 428. The smallest absolute Gasteiger partial charge is 0.306 e. The van der Waals surface area contributed by atoms with Crippen LogP contribution in [0.15, 0.2) is 18.2 Å². The lowest BCUT2D eigenvalue weighted by molar-refractivity contribution is -0.151. The molecule has 0 radical (unpaired) electrons. The fraction of sp³-hybridized carbons (Fsp3) is 0.417. The second-order valence-electron chi connectivity index (χ2n) is 4.19. The highest BCUT2D eigenvalue weighted by atomic mass is 19.2. The minimum atomic E-state index is -0.900. The van der Waals surface area contributed by atoms with Gasteiger partial charge < -0.3 is 9.84 Å². The lowest BCUT2D eigenvalue weighted by Crippen LogP contribution is -2.36. The Morgan fingerprint density at radius 3 is 2.65 bits per heavy atom. The Hall–Kier alpha value is -1.49. The number of carboxylic acids is 1. The van der Waals surface area contributed by atoms with Gasteiger partial charge in [0, 0.05) is 0 Å². The van der Waals surface area contributed by atoms with E-state index in [4.69, 9.17) is 9.84 Å². The molecule has 1 aliphatic carbocycles. The van der Waals surface area contributed by atoms with E-state index >= 15 is 0 Å². The highest BCUT2D eigenvalue weighted by molar-refractivity contribution is 5.71. The molecular formula is C12H12F2O3. The van der Waals surface area contributed by atoms with E-state index < -0.39 is 17.6 Å². The number of hydrogen-bond acceptors (Lipinski definition) is 2. The summed E-state index contributed by atoms with van der Waals surface area (Å²) in [5.41, 5.74) is 0.544. The van der Waals surface area contributed by atoms with Crippen molar-refractivity contribution in [2.75, 3.05) is 0 Å². The fourth-order valence-electron chi connectivity index (χ4n) is 1.75. The summed E-state index contributed by atoms with van der Waals surface area (Å²) in [6.45, 7) is 0.175. The van der Waals surface area contributed by atoms with Crippen LogP contribution in [0.4, 0.5) is 8.78 Å². The molecule has 0 aliphatic heterocycles. The summed E-state index contributed by atoms with van der Waals surface area (Å²) in [6, 6.07) is 3.59. The third kappa shape index (κ3) is 2.79. The normalized spacial score (nSPS) is 23.2. The van der Waals surface area contributed by atoms with Crippen LogP contribution >= 0.6 is 0 Å². The van der Waals surface area contributed by atoms with Gasteiger partial charge >= 0.3 is 5.97 Å². The van der Waals surface area contributed by atoms with Gasteiger partial charge in [-0.3, -0.25) is 4.79 Å². The molecular weight excluding hydrogens is 230 g/mol. The van der Waals surface area contributed by atoms with Crippen molar-refractivity contribution in [3.05, 3.63) is 35.4 Å². The van der Waals surface area contributed by atoms with E-state index in [9.17, 15) is 13.6 Å². The van der Waals surface area contributed by atoms with E-state index in [0.717, 1.165) is 12.1 Å². The number of halogens is 2. The minimum Gasteiger partial charge on any atom is -0.481 e. The van der Waals surface area contributed by atoms with Crippen molar-refractivity contribution in [1.29, 1.82) is 0 Å². The van der Waals surface area contributed by atoms with E-state index in [1.807, 2.05) is 0 Å². The third-order valence-corrected chi connectivity index (χ3v) is 2.91. The van der Waals surface area contributed by atoms with Gasteiger partial charge in [0.2, 0.25) is 0 Å². The van der Waals surface area contributed by atoms with Crippen LogP contribution in [0.5, 0.6) is 0 Å². The molecule has 1 fully saturated rings. The number of rotatable bonds is 4. The first-order chi connectivity index (χ1) is 8.06. The third-order valence-electron chi connectivity index (χ3n) is 2.91. The Labute approximate surface area is 97.0 Å². The number of benzene rings is 1. The van der Waals surface area contributed by atoms with Gasteiger partial charge in [0.15, 0.2) is 11.6 Å². The highest BCUT2D eigenvalue weighted by Crippen LogP contribution is 2.30. The van der Waals surface area contributed by atoms with Crippen molar-refractivity contribution < 1.29 is 23.4 Å². The van der Waals surface area contributed by atoms with E-state index in [1.54, 1.807) is 0 Å². The summed E-state index contributed by atoms with van der Waals surface area (Å²) >= 11 is 0. The SMILES string of the molecule is O=C(O)C1CC(OCc2ccc(F)c(F)c2)C1. The summed E-state index contributed by atoms with van der Waals surface area (Å²) in [4.78, 5) is 10.5. The molecule has 0 spiro atoms. The zero-order valence-corrected chi connectivity index (χ0v) is 9.03. The molecule has 5 heteroatoms. The summed E-state index contributed by atoms with van der Waals surface area (Å²) in [6.07, 6.45) is 0.877. The van der Waals surface area contributed by atoms with Crippen LogP contribution in [-0.2, 0) is 16.1 Å². The van der Waals surface area contributed by atoms with Crippen LogP contribution in [-0.4, -0.2) is 17.2 Å². The Balaban J connectivity index is 1.79. The highest BCUT2D eigenvalue weighted by Gasteiger charge is 2.35. The molecule has 92 valence electrons. The Kier molecular flexibility index (Phi) is 3.38. The van der Waals surface area contributed by atoms with E-state index in [0.29, 0.717) is 18.4 Å². The van der Waals surface area contributed by atoms with Gasteiger partial charge in [-0.05, 0) is 30.5 Å². The van der Waals surface area contributed by atoms with Crippen LogP contribution in [0.1, 0.15) is 18.4 Å². The van der Waals surface area contributed by atoms with Crippen LogP contribution in [0.2, 0.25) is 0 Å². The molecule has 1 saturated carbocycles. The maximum absolute atomic E-state index is 12.9. The summed E-state index contributed by atoms with van der Waals surface area (Å²) < 4.78 is 30.9. The predicted octanol–water partition coefficient (Wildman–Crippen LogP) is 2.34. The van der Waals surface area contributed by atoms with Crippen LogP contribution in [0.3, 0.4) is 0 Å². The molecule has 1 aromatic carbocycles. The van der Waals surface area contributed by atoms with Crippen molar-refractivity contribution in [3.8, 4) is 0 Å². The largest absolute Gasteiger partial charge is 0.481 e. The Morgan fingerprint density at radius 1 is 1.35 bits per heavy atom. The molecule has 0 aromatic heterocycles. The molecule has 1 N–H and O–H groups in total. The van der Waals surface area contributed by atoms with Gasteiger partial charge in [0.25, 0.3) is 0 Å². The van der Waals surface area contributed by atoms with E-state index in [1.165, 1.54) is 6.07 Å². The van der Waals surface area contributed by atoms with Gasteiger partial charge in [0.05, 0.1) is 18.6 Å². The molecule has 0 atom stereocenters.